The quantitative estimate of drug-likeness (QED) is 0.462. The van der Waals surface area contributed by atoms with Crippen LogP contribution in [0.25, 0.3) is 0 Å². The summed E-state index contributed by atoms with van der Waals surface area (Å²) in [7, 11) is 0. The summed E-state index contributed by atoms with van der Waals surface area (Å²) in [6.45, 7) is 5.09. The lowest BCUT2D eigenvalue weighted by Crippen LogP contribution is -2.32. The van der Waals surface area contributed by atoms with E-state index in [2.05, 4.69) is 22.5 Å². The molecule has 1 heterocycles. The molecule has 4 rings (SSSR count). The van der Waals surface area contributed by atoms with Crippen LogP contribution in [-0.2, 0) is 11.3 Å². The molecule has 2 amide bonds. The normalized spacial score (nSPS) is 14.3. The van der Waals surface area contributed by atoms with Gasteiger partial charge in [0.2, 0.25) is 0 Å². The third kappa shape index (κ3) is 6.90. The van der Waals surface area contributed by atoms with Crippen LogP contribution < -0.4 is 15.4 Å². The number of benzene rings is 3. The van der Waals surface area contributed by atoms with E-state index in [0.29, 0.717) is 11.3 Å². The molecule has 6 nitrogen and oxygen atoms in total. The summed E-state index contributed by atoms with van der Waals surface area (Å²) in [4.78, 5) is 27.6. The number of hydrogen-bond acceptors (Lipinski definition) is 4. The highest BCUT2D eigenvalue weighted by Crippen LogP contribution is 2.22. The molecule has 0 bridgehead atoms. The number of nitrogens with zero attached hydrogens (tertiary/aromatic N) is 1. The van der Waals surface area contributed by atoms with Crippen molar-refractivity contribution in [1.82, 2.24) is 4.90 Å². The zero-order valence-corrected chi connectivity index (χ0v) is 19.8. The van der Waals surface area contributed by atoms with Crippen LogP contribution in [0.4, 0.5) is 15.8 Å². The Morgan fingerprint density at radius 1 is 0.943 bits per heavy atom. The molecule has 0 saturated carbocycles. The molecule has 3 aromatic rings. The first-order valence-electron chi connectivity index (χ1n) is 11.9. The summed E-state index contributed by atoms with van der Waals surface area (Å²) in [5, 5.41) is 5.35. The number of likely N-dealkylation sites (tertiary alicyclic amines) is 1. The van der Waals surface area contributed by atoms with Crippen molar-refractivity contribution in [3.8, 4) is 5.75 Å². The first kappa shape index (κ1) is 24.4. The van der Waals surface area contributed by atoms with Gasteiger partial charge < -0.3 is 15.4 Å². The third-order valence-electron chi connectivity index (χ3n) is 6.13. The number of amides is 2. The molecule has 0 aliphatic carbocycles. The van der Waals surface area contributed by atoms with Gasteiger partial charge in [0.15, 0.2) is 6.61 Å². The summed E-state index contributed by atoms with van der Waals surface area (Å²) in [6, 6.07) is 20.4. The van der Waals surface area contributed by atoms with Gasteiger partial charge in [0, 0.05) is 12.2 Å². The Morgan fingerprint density at radius 3 is 2.37 bits per heavy atom. The molecule has 2 N–H and O–H groups in total. The number of rotatable bonds is 8. The summed E-state index contributed by atoms with van der Waals surface area (Å²) in [5.41, 5.74) is 2.27. The minimum absolute atomic E-state index is 0.0745. The van der Waals surface area contributed by atoms with E-state index in [1.807, 2.05) is 24.3 Å². The number of ether oxygens (including phenoxy) is 1. The predicted octanol–water partition coefficient (Wildman–Crippen LogP) is 5.33. The van der Waals surface area contributed by atoms with Gasteiger partial charge in [-0.05, 0) is 73.8 Å². The molecule has 1 aliphatic heterocycles. The van der Waals surface area contributed by atoms with E-state index in [0.717, 1.165) is 25.6 Å². The molecule has 3 aromatic carbocycles. The largest absolute Gasteiger partial charge is 0.483 e. The van der Waals surface area contributed by atoms with E-state index >= 15 is 0 Å². The van der Waals surface area contributed by atoms with Crippen molar-refractivity contribution >= 4 is 23.2 Å². The standard InChI is InChI=1S/C28H30FN3O3/c1-20-14-16-32(17-15-20)18-21-10-12-22(13-11-21)30-28(34)23-6-2-5-9-26(23)35-19-27(33)31-25-8-4-3-7-24(25)29/h2-13,20H,14-19H2,1H3,(H,30,34)(H,31,33). The van der Waals surface area contributed by atoms with Crippen LogP contribution in [0, 0.1) is 11.7 Å². The number of piperidine rings is 1. The second-order valence-electron chi connectivity index (χ2n) is 8.92. The molecule has 1 saturated heterocycles. The van der Waals surface area contributed by atoms with Crippen molar-refractivity contribution < 1.29 is 18.7 Å². The molecule has 0 unspecified atom stereocenters. The van der Waals surface area contributed by atoms with Crippen molar-refractivity contribution in [2.75, 3.05) is 30.3 Å². The van der Waals surface area contributed by atoms with Crippen LogP contribution >= 0.6 is 0 Å². The lowest BCUT2D eigenvalue weighted by atomic mass is 9.99. The van der Waals surface area contributed by atoms with E-state index in [1.165, 1.54) is 30.5 Å². The van der Waals surface area contributed by atoms with Gasteiger partial charge in [0.05, 0.1) is 11.3 Å². The summed E-state index contributed by atoms with van der Waals surface area (Å²) in [6.07, 6.45) is 2.47. The van der Waals surface area contributed by atoms with E-state index < -0.39 is 11.7 Å². The van der Waals surface area contributed by atoms with Crippen LogP contribution in [0.3, 0.4) is 0 Å². The van der Waals surface area contributed by atoms with Gasteiger partial charge in [-0.1, -0.05) is 43.3 Å². The van der Waals surface area contributed by atoms with Crippen molar-refractivity contribution in [2.45, 2.75) is 26.3 Å². The monoisotopic (exact) mass is 475 g/mol. The average Bonchev–Trinajstić information content (AvgIpc) is 2.87. The van der Waals surface area contributed by atoms with Gasteiger partial charge in [-0.15, -0.1) is 0 Å². The lowest BCUT2D eigenvalue weighted by molar-refractivity contribution is -0.118. The van der Waals surface area contributed by atoms with Gasteiger partial charge in [-0.25, -0.2) is 4.39 Å². The Balaban J connectivity index is 1.32. The van der Waals surface area contributed by atoms with Crippen molar-refractivity contribution in [3.05, 3.63) is 89.7 Å². The first-order chi connectivity index (χ1) is 17.0. The minimum atomic E-state index is -0.530. The number of para-hydroxylation sites is 2. The summed E-state index contributed by atoms with van der Waals surface area (Å²) in [5.74, 6) is -0.323. The summed E-state index contributed by atoms with van der Waals surface area (Å²) >= 11 is 0. The maximum absolute atomic E-state index is 13.7. The van der Waals surface area contributed by atoms with Gasteiger partial charge >= 0.3 is 0 Å². The molecule has 1 aliphatic rings. The fourth-order valence-electron chi connectivity index (χ4n) is 4.04. The zero-order valence-electron chi connectivity index (χ0n) is 19.8. The number of halogens is 1. The van der Waals surface area contributed by atoms with Gasteiger partial charge in [-0.3, -0.25) is 14.5 Å². The Labute approximate surface area is 205 Å². The Kier molecular flexibility index (Phi) is 8.11. The topological polar surface area (TPSA) is 70.7 Å². The molecule has 0 aromatic heterocycles. The second kappa shape index (κ2) is 11.6. The smallest absolute Gasteiger partial charge is 0.262 e. The zero-order chi connectivity index (χ0) is 24.6. The highest BCUT2D eigenvalue weighted by Gasteiger charge is 2.17. The van der Waals surface area contributed by atoms with Crippen LogP contribution in [0.5, 0.6) is 5.75 Å². The molecule has 0 radical (unpaired) electrons. The molecule has 7 heteroatoms. The number of anilines is 2. The third-order valence-corrected chi connectivity index (χ3v) is 6.13. The fourth-order valence-corrected chi connectivity index (χ4v) is 4.04. The number of carbonyl (C=O) groups is 2. The maximum atomic E-state index is 13.7. The molecule has 35 heavy (non-hydrogen) atoms. The molecule has 182 valence electrons. The second-order valence-corrected chi connectivity index (χ2v) is 8.92. The molecular weight excluding hydrogens is 445 g/mol. The number of carbonyl (C=O) groups excluding carboxylic acids is 2. The average molecular weight is 476 g/mol. The van der Waals surface area contributed by atoms with E-state index in [4.69, 9.17) is 4.74 Å². The van der Waals surface area contributed by atoms with Crippen molar-refractivity contribution in [1.29, 1.82) is 0 Å². The number of hydrogen-bond donors (Lipinski definition) is 2. The highest BCUT2D eigenvalue weighted by atomic mass is 19.1. The molecule has 1 fully saturated rings. The van der Waals surface area contributed by atoms with Crippen molar-refractivity contribution in [3.63, 3.8) is 0 Å². The molecular formula is C28H30FN3O3. The highest BCUT2D eigenvalue weighted by molar-refractivity contribution is 6.06. The number of nitrogens with one attached hydrogen (secondary N) is 2. The van der Waals surface area contributed by atoms with E-state index in [-0.39, 0.29) is 24.0 Å². The lowest BCUT2D eigenvalue weighted by Gasteiger charge is -2.30. The van der Waals surface area contributed by atoms with E-state index in [1.54, 1.807) is 36.4 Å². The SMILES string of the molecule is CC1CCN(Cc2ccc(NC(=O)c3ccccc3OCC(=O)Nc3ccccc3F)cc2)CC1. The Morgan fingerprint density at radius 2 is 1.63 bits per heavy atom. The van der Waals surface area contributed by atoms with Crippen molar-refractivity contribution in [2.24, 2.45) is 5.92 Å². The minimum Gasteiger partial charge on any atom is -0.483 e. The molecule has 0 spiro atoms. The van der Waals surface area contributed by atoms with Gasteiger partial charge in [-0.2, -0.15) is 0 Å². The van der Waals surface area contributed by atoms with Gasteiger partial charge in [0.25, 0.3) is 11.8 Å². The van der Waals surface area contributed by atoms with Gasteiger partial charge in [0.1, 0.15) is 11.6 Å². The van der Waals surface area contributed by atoms with Crippen LogP contribution in [-0.4, -0.2) is 36.4 Å². The van der Waals surface area contributed by atoms with Crippen LogP contribution in [0.15, 0.2) is 72.8 Å². The van der Waals surface area contributed by atoms with Crippen LogP contribution in [0.1, 0.15) is 35.7 Å². The Hall–Kier alpha value is -3.71. The molecule has 0 atom stereocenters. The van der Waals surface area contributed by atoms with Crippen LogP contribution in [0.2, 0.25) is 0 Å². The first-order valence-corrected chi connectivity index (χ1v) is 11.9. The Bertz CT molecular complexity index is 1160. The van der Waals surface area contributed by atoms with E-state index in [9.17, 15) is 14.0 Å². The fraction of sp³-hybridized carbons (Fsp3) is 0.286. The maximum Gasteiger partial charge on any atom is 0.262 e. The summed E-state index contributed by atoms with van der Waals surface area (Å²) < 4.78 is 19.3. The predicted molar refractivity (Wildman–Crippen MR) is 135 cm³/mol.